The molecule has 0 N–H and O–H groups in total. The van der Waals surface area contributed by atoms with E-state index < -0.39 is 59.8 Å². The van der Waals surface area contributed by atoms with Crippen LogP contribution in [0.2, 0.25) is 0 Å². The van der Waals surface area contributed by atoms with Crippen LogP contribution in [0.3, 0.4) is 0 Å². The second-order valence-corrected chi connectivity index (χ2v) is 11.2. The van der Waals surface area contributed by atoms with Crippen molar-refractivity contribution in [2.24, 2.45) is 0 Å². The number of methoxy groups -OCH3 is 1. The molecule has 49 heavy (non-hydrogen) atoms. The summed E-state index contributed by atoms with van der Waals surface area (Å²) in [5.41, 5.74) is -3.35. The molecule has 0 spiro atoms. The maximum atomic E-state index is 14.0. The fraction of sp³-hybridized carbons (Fsp3) is 0.324. The number of halogens is 9. The first-order chi connectivity index (χ1) is 22.8. The van der Waals surface area contributed by atoms with Crippen LogP contribution in [0.25, 0.3) is 11.1 Å². The average molecular weight is 700 g/mol. The summed E-state index contributed by atoms with van der Waals surface area (Å²) in [6.45, 7) is 4.15. The van der Waals surface area contributed by atoms with Gasteiger partial charge in [-0.15, -0.1) is 0 Å². The highest BCUT2D eigenvalue weighted by molar-refractivity contribution is 5.88. The molecule has 6 nitrogen and oxygen atoms in total. The highest BCUT2D eigenvalue weighted by Crippen LogP contribution is 2.40. The highest BCUT2D eigenvalue weighted by Gasteiger charge is 2.37. The average Bonchev–Trinajstić information content (AvgIpc) is 3.03. The molecule has 4 aromatic rings. The summed E-state index contributed by atoms with van der Waals surface area (Å²) >= 11 is 0. The molecule has 15 heteroatoms. The Labute approximate surface area is 275 Å². The van der Waals surface area contributed by atoms with Gasteiger partial charge >= 0.3 is 24.5 Å². The molecule has 0 aliphatic heterocycles. The molecule has 0 aliphatic rings. The van der Waals surface area contributed by atoms with E-state index in [9.17, 15) is 44.3 Å². The Morgan fingerprint density at radius 3 is 1.86 bits per heavy atom. The molecule has 4 rings (SSSR count). The second-order valence-electron chi connectivity index (χ2n) is 11.2. The lowest BCUT2D eigenvalue weighted by atomic mass is 9.92. The fourth-order valence-corrected chi connectivity index (χ4v) is 5.00. The number of rotatable bonds is 10. The van der Waals surface area contributed by atoms with Crippen molar-refractivity contribution in [3.05, 3.63) is 106 Å². The molecule has 0 unspecified atom stereocenters. The summed E-state index contributed by atoms with van der Waals surface area (Å²) in [6.07, 6.45) is -13.0. The van der Waals surface area contributed by atoms with E-state index in [1.54, 1.807) is 25.1 Å². The van der Waals surface area contributed by atoms with E-state index in [1.807, 2.05) is 13.8 Å². The van der Waals surface area contributed by atoms with Crippen molar-refractivity contribution in [2.45, 2.75) is 58.3 Å². The third kappa shape index (κ3) is 9.00. The molecular formula is C34H30F9N3O3. The van der Waals surface area contributed by atoms with Gasteiger partial charge in [0.25, 0.3) is 0 Å². The summed E-state index contributed by atoms with van der Waals surface area (Å²) < 4.78 is 135. The normalized spacial score (nSPS) is 12.3. The summed E-state index contributed by atoms with van der Waals surface area (Å²) in [4.78, 5) is 21.5. The van der Waals surface area contributed by atoms with Crippen LogP contribution in [-0.4, -0.2) is 29.7 Å². The van der Waals surface area contributed by atoms with E-state index in [2.05, 4.69) is 9.97 Å². The van der Waals surface area contributed by atoms with Crippen LogP contribution in [0.5, 0.6) is 5.75 Å². The number of anilines is 1. The van der Waals surface area contributed by atoms with Gasteiger partial charge in [0, 0.05) is 31.0 Å². The third-order valence-corrected chi connectivity index (χ3v) is 7.43. The molecule has 0 radical (unpaired) electrons. The molecule has 0 amide bonds. The number of aromatic nitrogens is 2. The monoisotopic (exact) mass is 699 g/mol. The maximum Gasteiger partial charge on any atom is 0.416 e. The topological polar surface area (TPSA) is 64.5 Å². The predicted molar refractivity (Wildman–Crippen MR) is 162 cm³/mol. The minimum Gasteiger partial charge on any atom is -0.496 e. The second kappa shape index (κ2) is 14.3. The van der Waals surface area contributed by atoms with Crippen LogP contribution in [0.4, 0.5) is 45.5 Å². The van der Waals surface area contributed by atoms with E-state index in [1.165, 1.54) is 13.2 Å². The van der Waals surface area contributed by atoms with Crippen LogP contribution in [-0.2, 0) is 36.4 Å². The van der Waals surface area contributed by atoms with Crippen molar-refractivity contribution in [1.29, 1.82) is 0 Å². The molecule has 1 aromatic heterocycles. The van der Waals surface area contributed by atoms with Crippen molar-refractivity contribution >= 4 is 11.9 Å². The Bertz CT molecular complexity index is 1750. The van der Waals surface area contributed by atoms with Crippen molar-refractivity contribution < 1.29 is 53.8 Å². The minimum atomic E-state index is -5.15. The molecule has 0 aliphatic carbocycles. The Balaban J connectivity index is 1.94. The van der Waals surface area contributed by atoms with E-state index in [-0.39, 0.29) is 41.2 Å². The number of benzene rings is 3. The molecule has 0 saturated carbocycles. The lowest BCUT2D eigenvalue weighted by molar-refractivity contribution is -0.143. The van der Waals surface area contributed by atoms with Gasteiger partial charge in [0.05, 0.1) is 36.0 Å². The number of esters is 1. The molecule has 262 valence electrons. The maximum absolute atomic E-state index is 14.0. The molecule has 3 aromatic carbocycles. The predicted octanol–water partition coefficient (Wildman–Crippen LogP) is 9.72. The quantitative estimate of drug-likeness (QED) is 0.121. The van der Waals surface area contributed by atoms with Crippen LogP contribution < -0.4 is 9.64 Å². The van der Waals surface area contributed by atoms with Gasteiger partial charge in [-0.3, -0.25) is 0 Å². The van der Waals surface area contributed by atoms with Crippen LogP contribution in [0, 0.1) is 0 Å². The Morgan fingerprint density at radius 1 is 0.755 bits per heavy atom. The summed E-state index contributed by atoms with van der Waals surface area (Å²) in [5, 5.41) is 0. The Hall–Kier alpha value is -4.82. The van der Waals surface area contributed by atoms with Crippen molar-refractivity contribution in [3.63, 3.8) is 0 Å². The van der Waals surface area contributed by atoms with Gasteiger partial charge in [-0.2, -0.15) is 39.5 Å². The number of hydrogen-bond donors (Lipinski definition) is 0. The zero-order valence-electron chi connectivity index (χ0n) is 26.5. The lowest BCUT2D eigenvalue weighted by Crippen LogP contribution is -2.26. The van der Waals surface area contributed by atoms with Gasteiger partial charge in [-0.25, -0.2) is 14.8 Å². The Kier molecular flexibility index (Phi) is 10.8. The van der Waals surface area contributed by atoms with E-state index in [4.69, 9.17) is 9.47 Å². The standard InChI is InChI=1S/C34H30F9N3O3/c1-5-49-30(47)23-15-44-31(45-16-23)46(17-20-10-25(33(38,39)40)14-26(11-20)34(41,42)43)18-22-12-24(32(35,36)37)7-8-27(22)28-13-21(19(2)3)6-9-29(28)48-4/h6-16,19H,5,17-18H2,1-4H3. The molecule has 0 saturated heterocycles. The lowest BCUT2D eigenvalue weighted by Gasteiger charge is -2.26. The van der Waals surface area contributed by atoms with E-state index in [0.717, 1.165) is 35.0 Å². The number of alkyl halides is 9. The summed E-state index contributed by atoms with van der Waals surface area (Å²) in [7, 11) is 1.37. The van der Waals surface area contributed by atoms with Crippen LogP contribution in [0.15, 0.2) is 67.0 Å². The number of hydrogen-bond acceptors (Lipinski definition) is 6. The third-order valence-electron chi connectivity index (χ3n) is 7.43. The van der Waals surface area contributed by atoms with Crippen molar-refractivity contribution in [3.8, 4) is 16.9 Å². The van der Waals surface area contributed by atoms with Crippen LogP contribution >= 0.6 is 0 Å². The van der Waals surface area contributed by atoms with Gasteiger partial charge in [0.1, 0.15) is 5.75 Å². The minimum absolute atomic E-state index is 0.00843. The smallest absolute Gasteiger partial charge is 0.416 e. The van der Waals surface area contributed by atoms with E-state index >= 15 is 0 Å². The fourth-order valence-electron chi connectivity index (χ4n) is 5.00. The van der Waals surface area contributed by atoms with Crippen molar-refractivity contribution in [1.82, 2.24) is 9.97 Å². The zero-order chi connectivity index (χ0) is 36.3. The van der Waals surface area contributed by atoms with Gasteiger partial charge in [-0.05, 0) is 77.6 Å². The number of nitrogens with zero attached hydrogens (tertiary/aromatic N) is 3. The van der Waals surface area contributed by atoms with Crippen LogP contribution in [0.1, 0.15) is 70.4 Å². The number of carbonyl (C=O) groups is 1. The Morgan fingerprint density at radius 2 is 1.35 bits per heavy atom. The first-order valence-corrected chi connectivity index (χ1v) is 14.7. The number of carbonyl (C=O) groups excluding carboxylic acids is 1. The molecule has 1 heterocycles. The molecular weight excluding hydrogens is 669 g/mol. The largest absolute Gasteiger partial charge is 0.496 e. The van der Waals surface area contributed by atoms with Gasteiger partial charge in [-0.1, -0.05) is 26.0 Å². The van der Waals surface area contributed by atoms with Gasteiger partial charge < -0.3 is 14.4 Å². The SMILES string of the molecule is CCOC(=O)c1cnc(N(Cc2cc(C(F)(F)F)cc(C(F)(F)F)c2)Cc2cc(C(F)(F)F)ccc2-c2cc(C(C)C)ccc2OC)nc1. The zero-order valence-corrected chi connectivity index (χ0v) is 26.5. The highest BCUT2D eigenvalue weighted by atomic mass is 19.4. The summed E-state index contributed by atoms with van der Waals surface area (Å²) in [5.74, 6) is -0.787. The van der Waals surface area contributed by atoms with Gasteiger partial charge in [0.2, 0.25) is 5.95 Å². The molecule has 0 fully saturated rings. The van der Waals surface area contributed by atoms with Crippen molar-refractivity contribution in [2.75, 3.05) is 18.6 Å². The molecule has 0 bridgehead atoms. The first-order valence-electron chi connectivity index (χ1n) is 14.7. The first kappa shape index (κ1) is 37.0. The number of ether oxygens (including phenoxy) is 2. The summed E-state index contributed by atoms with van der Waals surface area (Å²) in [6, 6.07) is 9.06. The molecule has 0 atom stereocenters. The van der Waals surface area contributed by atoms with Gasteiger partial charge in [0.15, 0.2) is 0 Å². The van der Waals surface area contributed by atoms with E-state index in [0.29, 0.717) is 23.4 Å².